The average Bonchev–Trinajstić information content (AvgIpc) is 3.88. The van der Waals surface area contributed by atoms with Gasteiger partial charge in [-0.05, 0) is 129 Å². The summed E-state index contributed by atoms with van der Waals surface area (Å²) in [7, 11) is 0. The first-order chi connectivity index (χ1) is 26.3. The maximum atomic E-state index is 2.61. The predicted octanol–water partition coefficient (Wildman–Crippen LogP) is 15.1. The van der Waals surface area contributed by atoms with Crippen LogP contribution in [0.5, 0.6) is 0 Å². The van der Waals surface area contributed by atoms with Crippen molar-refractivity contribution in [2.75, 3.05) is 4.90 Å². The van der Waals surface area contributed by atoms with Gasteiger partial charge in [-0.1, -0.05) is 157 Å². The van der Waals surface area contributed by atoms with Crippen LogP contribution >= 0.6 is 0 Å². The van der Waals surface area contributed by atoms with Crippen molar-refractivity contribution in [2.24, 2.45) is 0 Å². The van der Waals surface area contributed by atoms with E-state index in [0.29, 0.717) is 11.8 Å². The van der Waals surface area contributed by atoms with Crippen molar-refractivity contribution >= 4 is 17.1 Å². The van der Waals surface area contributed by atoms with Crippen LogP contribution in [0, 0.1) is 0 Å². The van der Waals surface area contributed by atoms with E-state index in [4.69, 9.17) is 0 Å². The highest BCUT2D eigenvalue weighted by Gasteiger charge is 2.45. The SMILES string of the molecule is CC(C)c1ccc(-c2ccc(C3CCCCC3)cc2)c(N(c2ccc3c(c2)C(C)(C)c2ccccc2-3)c2ccc3c(c2)C2(CCCC2)c2ccccc2-3)c1. The number of nitrogens with zero attached hydrogens (tertiary/aromatic N) is 1. The van der Waals surface area contributed by atoms with Gasteiger partial charge in [0.1, 0.15) is 0 Å². The molecule has 1 spiro atoms. The molecule has 0 amide bonds. The molecule has 10 rings (SSSR count). The Bertz CT molecular complexity index is 2380. The maximum absolute atomic E-state index is 2.61. The molecular weight excluding hydrogens is 651 g/mol. The third-order valence-electron chi connectivity index (χ3n) is 14.0. The molecule has 2 fully saturated rings. The summed E-state index contributed by atoms with van der Waals surface area (Å²) >= 11 is 0. The summed E-state index contributed by atoms with van der Waals surface area (Å²) in [6.07, 6.45) is 11.8. The van der Waals surface area contributed by atoms with Gasteiger partial charge in [0.25, 0.3) is 0 Å². The molecular formula is C53H53N. The lowest BCUT2D eigenvalue weighted by atomic mass is 9.76. The van der Waals surface area contributed by atoms with Gasteiger partial charge in [-0.2, -0.15) is 0 Å². The van der Waals surface area contributed by atoms with Crippen LogP contribution in [0.2, 0.25) is 0 Å². The van der Waals surface area contributed by atoms with Crippen LogP contribution in [0.4, 0.5) is 17.1 Å². The Morgan fingerprint density at radius 1 is 0.519 bits per heavy atom. The van der Waals surface area contributed by atoms with Gasteiger partial charge in [0.15, 0.2) is 0 Å². The Labute approximate surface area is 323 Å². The predicted molar refractivity (Wildman–Crippen MR) is 229 cm³/mol. The fraction of sp³-hybridized carbons (Fsp3) is 0.321. The molecule has 0 aliphatic heterocycles. The van der Waals surface area contributed by atoms with E-state index in [1.807, 2.05) is 0 Å². The highest BCUT2D eigenvalue weighted by atomic mass is 15.1. The largest absolute Gasteiger partial charge is 0.310 e. The van der Waals surface area contributed by atoms with Gasteiger partial charge < -0.3 is 4.90 Å². The lowest BCUT2D eigenvalue weighted by molar-refractivity contribution is 0.443. The zero-order chi connectivity index (χ0) is 36.6. The molecule has 270 valence electrons. The second-order valence-electron chi connectivity index (χ2n) is 17.7. The van der Waals surface area contributed by atoms with E-state index in [-0.39, 0.29) is 10.8 Å². The summed E-state index contributed by atoms with van der Waals surface area (Å²) in [6.45, 7) is 9.46. The molecule has 1 nitrogen and oxygen atoms in total. The lowest BCUT2D eigenvalue weighted by Gasteiger charge is -2.32. The zero-order valence-electron chi connectivity index (χ0n) is 32.6. The summed E-state index contributed by atoms with van der Waals surface area (Å²) in [5, 5.41) is 0. The second-order valence-corrected chi connectivity index (χ2v) is 17.7. The number of fused-ring (bicyclic) bond motifs is 8. The number of rotatable bonds is 6. The summed E-state index contributed by atoms with van der Waals surface area (Å²) in [6, 6.07) is 50.0. The van der Waals surface area contributed by atoms with Gasteiger partial charge in [-0.15, -0.1) is 0 Å². The maximum Gasteiger partial charge on any atom is 0.0542 e. The van der Waals surface area contributed by atoms with Crippen LogP contribution in [0.1, 0.15) is 131 Å². The van der Waals surface area contributed by atoms with Gasteiger partial charge in [-0.25, -0.2) is 0 Å². The normalized spacial score (nSPS) is 17.7. The van der Waals surface area contributed by atoms with Crippen LogP contribution in [0.25, 0.3) is 33.4 Å². The fourth-order valence-corrected chi connectivity index (χ4v) is 11.1. The lowest BCUT2D eigenvalue weighted by Crippen LogP contribution is -2.21. The highest BCUT2D eigenvalue weighted by Crippen LogP contribution is 2.58. The molecule has 0 radical (unpaired) electrons. The molecule has 0 saturated heterocycles. The van der Waals surface area contributed by atoms with Crippen molar-refractivity contribution in [3.63, 3.8) is 0 Å². The Hall–Kier alpha value is -4.88. The minimum Gasteiger partial charge on any atom is -0.310 e. The molecule has 0 heterocycles. The Kier molecular flexibility index (Phi) is 8.02. The molecule has 0 atom stereocenters. The summed E-state index contributed by atoms with van der Waals surface area (Å²) in [4.78, 5) is 2.61. The molecule has 54 heavy (non-hydrogen) atoms. The van der Waals surface area contributed by atoms with Crippen molar-refractivity contribution in [3.8, 4) is 33.4 Å². The molecule has 2 saturated carbocycles. The minimum atomic E-state index is -0.0847. The Morgan fingerprint density at radius 2 is 1.09 bits per heavy atom. The van der Waals surface area contributed by atoms with Crippen molar-refractivity contribution in [1.82, 2.24) is 0 Å². The molecule has 6 aromatic rings. The standard InChI is InChI=1S/C53H53N/c1-35(2)39-24-27-42(38-22-20-37(21-23-38)36-14-6-5-7-15-36)51(32-39)54(40-25-28-45-43-16-8-10-18-47(43)52(3,4)49(45)33-40)41-26-29-46-44-17-9-11-19-48(44)53(50(46)34-41)30-12-13-31-53/h8-11,16-29,32-36H,5-7,12-15,30-31H2,1-4H3. The number of hydrogen-bond donors (Lipinski definition) is 0. The van der Waals surface area contributed by atoms with Gasteiger partial charge >= 0.3 is 0 Å². The van der Waals surface area contributed by atoms with E-state index in [1.165, 1.54) is 136 Å². The van der Waals surface area contributed by atoms with E-state index in [9.17, 15) is 0 Å². The quantitative estimate of drug-likeness (QED) is 0.167. The zero-order valence-corrected chi connectivity index (χ0v) is 32.6. The van der Waals surface area contributed by atoms with Crippen molar-refractivity contribution in [3.05, 3.63) is 161 Å². The molecule has 4 aliphatic carbocycles. The first-order valence-corrected chi connectivity index (χ1v) is 20.9. The molecule has 0 bridgehead atoms. The third-order valence-corrected chi connectivity index (χ3v) is 14.0. The number of anilines is 3. The van der Waals surface area contributed by atoms with Crippen LogP contribution < -0.4 is 4.90 Å². The first-order valence-electron chi connectivity index (χ1n) is 20.9. The van der Waals surface area contributed by atoms with Crippen LogP contribution in [0.3, 0.4) is 0 Å². The topological polar surface area (TPSA) is 3.24 Å². The first kappa shape index (κ1) is 33.7. The summed E-state index contributed by atoms with van der Waals surface area (Å²) in [5.41, 5.74) is 20.7. The number of hydrogen-bond acceptors (Lipinski definition) is 1. The summed E-state index contributed by atoms with van der Waals surface area (Å²) < 4.78 is 0. The van der Waals surface area contributed by atoms with Crippen LogP contribution in [0.15, 0.2) is 127 Å². The number of benzene rings is 6. The van der Waals surface area contributed by atoms with E-state index < -0.39 is 0 Å². The average molecular weight is 704 g/mol. The third kappa shape index (κ3) is 5.18. The molecule has 6 aromatic carbocycles. The van der Waals surface area contributed by atoms with E-state index in [1.54, 1.807) is 5.56 Å². The van der Waals surface area contributed by atoms with E-state index in [0.717, 1.165) is 0 Å². The van der Waals surface area contributed by atoms with Crippen molar-refractivity contribution in [1.29, 1.82) is 0 Å². The van der Waals surface area contributed by atoms with Gasteiger partial charge in [0.05, 0.1) is 5.69 Å². The Balaban J connectivity index is 1.19. The molecule has 4 aliphatic rings. The van der Waals surface area contributed by atoms with Crippen molar-refractivity contribution in [2.45, 2.75) is 108 Å². The minimum absolute atomic E-state index is 0.0847. The van der Waals surface area contributed by atoms with E-state index in [2.05, 4.69) is 160 Å². The fourth-order valence-electron chi connectivity index (χ4n) is 11.1. The summed E-state index contributed by atoms with van der Waals surface area (Å²) in [5.74, 6) is 1.11. The second kappa shape index (κ2) is 12.9. The molecule has 0 N–H and O–H groups in total. The van der Waals surface area contributed by atoms with Crippen molar-refractivity contribution < 1.29 is 0 Å². The Morgan fingerprint density at radius 3 is 1.78 bits per heavy atom. The molecule has 1 heteroatoms. The molecule has 0 unspecified atom stereocenters. The smallest absolute Gasteiger partial charge is 0.0542 e. The van der Waals surface area contributed by atoms with Gasteiger partial charge in [0.2, 0.25) is 0 Å². The highest BCUT2D eigenvalue weighted by molar-refractivity contribution is 5.92. The van der Waals surface area contributed by atoms with Gasteiger partial charge in [0, 0.05) is 27.8 Å². The van der Waals surface area contributed by atoms with Crippen LogP contribution in [-0.2, 0) is 10.8 Å². The monoisotopic (exact) mass is 703 g/mol. The molecule has 0 aromatic heterocycles. The van der Waals surface area contributed by atoms with E-state index >= 15 is 0 Å². The van der Waals surface area contributed by atoms with Gasteiger partial charge in [-0.3, -0.25) is 0 Å². The van der Waals surface area contributed by atoms with Crippen LogP contribution in [-0.4, -0.2) is 0 Å².